The fraction of sp³-hybridized carbons (Fsp3) is 0.500. The first-order valence-electron chi connectivity index (χ1n) is 4.91. The molecule has 0 unspecified atom stereocenters. The summed E-state index contributed by atoms with van der Waals surface area (Å²) in [6, 6.07) is 0. The molecule has 0 aromatic carbocycles. The van der Waals surface area contributed by atoms with Gasteiger partial charge in [0.1, 0.15) is 0 Å². The molecule has 0 fully saturated rings. The van der Waals surface area contributed by atoms with Gasteiger partial charge in [-0.3, -0.25) is 0 Å². The van der Waals surface area contributed by atoms with E-state index in [2.05, 4.69) is 13.2 Å². The Hall–Kier alpha value is -0.658. The van der Waals surface area contributed by atoms with Crippen LogP contribution in [0.15, 0.2) is 24.3 Å². The maximum atomic E-state index is 9.93. The number of carboxylic acids is 2. The van der Waals surface area contributed by atoms with Crippen molar-refractivity contribution in [1.82, 2.24) is 0 Å². The van der Waals surface area contributed by atoms with Gasteiger partial charge in [0.15, 0.2) is 0 Å². The molecule has 0 aliphatic heterocycles. The van der Waals surface area contributed by atoms with E-state index in [1.165, 1.54) is 0 Å². The van der Waals surface area contributed by atoms with Gasteiger partial charge in [-0.05, 0) is 23.0 Å². The number of hydrogen-bond acceptors (Lipinski definition) is 4. The van der Waals surface area contributed by atoms with Crippen LogP contribution in [0.1, 0.15) is 27.7 Å². The molecule has 0 aliphatic rings. The maximum absolute atomic E-state index is 9.93. The zero-order chi connectivity index (χ0) is 13.5. The van der Waals surface area contributed by atoms with Crippen molar-refractivity contribution in [3.8, 4) is 0 Å². The molecule has 0 spiro atoms. The van der Waals surface area contributed by atoms with Crippen LogP contribution in [0, 0.1) is 11.8 Å². The summed E-state index contributed by atoms with van der Waals surface area (Å²) in [5, 5.41) is 19.9. The first-order valence-corrected chi connectivity index (χ1v) is 4.91. The SMILES string of the molecule is C=C(C(=O)[O-])C(C)C.C=C(C(=O)[O-])C(C)C.[Pb+2]. The van der Waals surface area contributed by atoms with Gasteiger partial charge in [-0.1, -0.05) is 40.9 Å². The number of rotatable bonds is 4. The van der Waals surface area contributed by atoms with Crippen LogP contribution < -0.4 is 10.2 Å². The van der Waals surface area contributed by atoms with Crippen LogP contribution >= 0.6 is 0 Å². The van der Waals surface area contributed by atoms with Gasteiger partial charge in [-0.2, -0.15) is 0 Å². The average molecular weight is 433 g/mol. The standard InChI is InChI=1S/2C6H10O2.Pb/c2*1-4(2)5(3)6(7)8;/h2*4H,3H2,1-2H3,(H,7,8);/q;;+2/p-2. The molecule has 0 aliphatic carbocycles. The van der Waals surface area contributed by atoms with Gasteiger partial charge in [0.25, 0.3) is 0 Å². The molecule has 0 saturated heterocycles. The Morgan fingerprint density at radius 1 is 0.824 bits per heavy atom. The summed E-state index contributed by atoms with van der Waals surface area (Å²) < 4.78 is 0. The van der Waals surface area contributed by atoms with Gasteiger partial charge >= 0.3 is 27.3 Å². The van der Waals surface area contributed by atoms with Crippen molar-refractivity contribution in [1.29, 1.82) is 0 Å². The third-order valence-electron chi connectivity index (χ3n) is 1.92. The van der Waals surface area contributed by atoms with Gasteiger partial charge < -0.3 is 19.8 Å². The summed E-state index contributed by atoms with van der Waals surface area (Å²) in [4.78, 5) is 19.9. The van der Waals surface area contributed by atoms with Crippen LogP contribution in [-0.4, -0.2) is 39.2 Å². The Bertz CT molecular complexity index is 263. The summed E-state index contributed by atoms with van der Waals surface area (Å²) in [6.07, 6.45) is 0. The summed E-state index contributed by atoms with van der Waals surface area (Å²) in [7, 11) is 0. The van der Waals surface area contributed by atoms with Crippen LogP contribution in [0.2, 0.25) is 0 Å². The van der Waals surface area contributed by atoms with E-state index >= 15 is 0 Å². The molecule has 0 atom stereocenters. The normalized spacial score (nSPS) is 8.82. The molecule has 0 aromatic rings. The Kier molecular flexibility index (Phi) is 13.3. The van der Waals surface area contributed by atoms with Crippen LogP contribution in [0.25, 0.3) is 0 Å². The topological polar surface area (TPSA) is 80.3 Å². The number of aliphatic carboxylic acids is 2. The van der Waals surface area contributed by atoms with E-state index in [1.54, 1.807) is 27.7 Å². The van der Waals surface area contributed by atoms with E-state index in [4.69, 9.17) is 0 Å². The third-order valence-corrected chi connectivity index (χ3v) is 1.92. The molecule has 0 N–H and O–H groups in total. The third kappa shape index (κ3) is 11.6. The molecule has 94 valence electrons. The van der Waals surface area contributed by atoms with Gasteiger partial charge in [0, 0.05) is 0 Å². The van der Waals surface area contributed by atoms with Crippen molar-refractivity contribution in [2.45, 2.75) is 27.7 Å². The molecule has 0 rings (SSSR count). The van der Waals surface area contributed by atoms with Gasteiger partial charge in [-0.25, -0.2) is 0 Å². The molecule has 0 aromatic heterocycles. The monoisotopic (exact) mass is 434 g/mol. The van der Waals surface area contributed by atoms with Crippen LogP contribution in [0.4, 0.5) is 0 Å². The summed E-state index contributed by atoms with van der Waals surface area (Å²) in [5.41, 5.74) is 0.315. The first-order chi connectivity index (χ1) is 7.11. The number of hydrogen-bond donors (Lipinski definition) is 0. The van der Waals surface area contributed by atoms with Crippen molar-refractivity contribution in [3.05, 3.63) is 24.3 Å². The van der Waals surface area contributed by atoms with Gasteiger partial charge in [-0.15, -0.1) is 0 Å². The van der Waals surface area contributed by atoms with E-state index in [-0.39, 0.29) is 50.3 Å². The second-order valence-corrected chi connectivity index (χ2v) is 3.93. The molecule has 2 radical (unpaired) electrons. The van der Waals surface area contributed by atoms with E-state index in [1.807, 2.05) is 0 Å². The minimum atomic E-state index is -1.15. The van der Waals surface area contributed by atoms with Crippen molar-refractivity contribution in [2.75, 3.05) is 0 Å². The van der Waals surface area contributed by atoms with E-state index < -0.39 is 11.9 Å². The average Bonchev–Trinajstić information content (AvgIpc) is 2.15. The van der Waals surface area contributed by atoms with E-state index in [9.17, 15) is 19.8 Å². The largest absolute Gasteiger partial charge is 2.00 e. The fourth-order valence-corrected chi connectivity index (χ4v) is 0.471. The Morgan fingerprint density at radius 2 is 1.00 bits per heavy atom. The molecular weight excluding hydrogens is 415 g/mol. The minimum Gasteiger partial charge on any atom is -0.545 e. The summed E-state index contributed by atoms with van der Waals surface area (Å²) in [5.74, 6) is -2.33. The molecule has 5 heteroatoms. The van der Waals surface area contributed by atoms with Crippen LogP contribution in [-0.2, 0) is 9.59 Å². The predicted octanol–water partition coefficient (Wildman–Crippen LogP) is -0.484. The number of carboxylic acid groups (broad SMARTS) is 2. The molecular formula is C12H18O4Pb. The summed E-state index contributed by atoms with van der Waals surface area (Å²) in [6.45, 7) is 13.6. The zero-order valence-electron chi connectivity index (χ0n) is 10.7. The minimum absolute atomic E-state index is 0. The van der Waals surface area contributed by atoms with Gasteiger partial charge in [0.05, 0.1) is 11.9 Å². The number of carbonyl (C=O) groups is 2. The fourth-order valence-electron chi connectivity index (χ4n) is 0.471. The quantitative estimate of drug-likeness (QED) is 0.443. The Balaban J connectivity index is -0.000000218. The second kappa shape index (κ2) is 10.5. The molecule has 0 bridgehead atoms. The van der Waals surface area contributed by atoms with Crippen molar-refractivity contribution in [3.63, 3.8) is 0 Å². The van der Waals surface area contributed by atoms with E-state index in [0.29, 0.717) is 0 Å². The molecule has 17 heavy (non-hydrogen) atoms. The molecule has 0 heterocycles. The number of carbonyl (C=O) groups excluding carboxylic acids is 2. The zero-order valence-corrected chi connectivity index (χ0v) is 14.6. The van der Waals surface area contributed by atoms with E-state index in [0.717, 1.165) is 0 Å². The van der Waals surface area contributed by atoms with Crippen LogP contribution in [0.3, 0.4) is 0 Å². The Labute approximate surface area is 123 Å². The Morgan fingerprint density at radius 3 is 1.00 bits per heavy atom. The van der Waals surface area contributed by atoms with Crippen LogP contribution in [0.5, 0.6) is 0 Å². The first kappa shape index (κ1) is 21.6. The van der Waals surface area contributed by atoms with Gasteiger partial charge in [0.2, 0.25) is 0 Å². The molecule has 4 nitrogen and oxygen atoms in total. The van der Waals surface area contributed by atoms with Crippen molar-refractivity contribution >= 4 is 39.2 Å². The van der Waals surface area contributed by atoms with Crippen molar-refractivity contribution in [2.24, 2.45) is 11.8 Å². The van der Waals surface area contributed by atoms with Crippen molar-refractivity contribution < 1.29 is 19.8 Å². The predicted molar refractivity (Wildman–Crippen MR) is 63.7 cm³/mol. The molecule has 0 amide bonds. The smallest absolute Gasteiger partial charge is 0.545 e. The molecule has 0 saturated carbocycles. The second-order valence-electron chi connectivity index (χ2n) is 3.93. The summed E-state index contributed by atoms with van der Waals surface area (Å²) >= 11 is 0. The maximum Gasteiger partial charge on any atom is 2.00 e.